The van der Waals surface area contributed by atoms with Gasteiger partial charge in [0, 0.05) is 11.9 Å². The minimum absolute atomic E-state index is 0.150. The van der Waals surface area contributed by atoms with Crippen LogP contribution in [0.4, 0.5) is 0 Å². The first kappa shape index (κ1) is 19.0. The van der Waals surface area contributed by atoms with E-state index in [0.717, 1.165) is 5.56 Å². The topological polar surface area (TPSA) is 62.0 Å². The first-order chi connectivity index (χ1) is 12.3. The number of sulfonamides is 1. The number of halogens is 2. The van der Waals surface area contributed by atoms with Crippen LogP contribution in [0.25, 0.3) is 0 Å². The van der Waals surface area contributed by atoms with Crippen LogP contribution >= 0.6 is 23.2 Å². The number of hydrogen-bond acceptors (Lipinski definition) is 2. The van der Waals surface area contributed by atoms with Crippen molar-refractivity contribution in [3.8, 4) is 0 Å². The molecule has 3 rings (SSSR count). The lowest BCUT2D eigenvalue weighted by molar-refractivity contribution is 0.527. The van der Waals surface area contributed by atoms with Crippen LogP contribution in [0.3, 0.4) is 0 Å². The van der Waals surface area contributed by atoms with Gasteiger partial charge in [0.1, 0.15) is 0 Å². The largest absolute Gasteiger partial charge is 0.364 e. The molecule has 1 atom stereocenters. The molecule has 0 radical (unpaired) electrons. The zero-order valence-electron chi connectivity index (χ0n) is 14.0. The Kier molecular flexibility index (Phi) is 5.44. The van der Waals surface area contributed by atoms with Crippen molar-refractivity contribution in [2.24, 2.45) is 0 Å². The van der Waals surface area contributed by atoms with E-state index in [1.807, 2.05) is 13.0 Å². The van der Waals surface area contributed by atoms with E-state index < -0.39 is 20.4 Å². The molecule has 136 valence electrons. The van der Waals surface area contributed by atoms with E-state index in [-0.39, 0.29) is 4.90 Å². The molecule has 0 aliphatic carbocycles. The Morgan fingerprint density at radius 2 is 1.62 bits per heavy atom. The molecule has 1 aromatic heterocycles. The summed E-state index contributed by atoms with van der Waals surface area (Å²) in [4.78, 5) is 3.15. The molecule has 7 heteroatoms. The van der Waals surface area contributed by atoms with Gasteiger partial charge in [-0.3, -0.25) is 0 Å². The van der Waals surface area contributed by atoms with Gasteiger partial charge in [0.15, 0.2) is 4.33 Å². The van der Waals surface area contributed by atoms with E-state index in [0.29, 0.717) is 11.3 Å². The van der Waals surface area contributed by atoms with Crippen molar-refractivity contribution >= 4 is 33.2 Å². The van der Waals surface area contributed by atoms with Gasteiger partial charge in [-0.05, 0) is 36.8 Å². The van der Waals surface area contributed by atoms with E-state index in [1.165, 1.54) is 0 Å². The summed E-state index contributed by atoms with van der Waals surface area (Å²) in [6.07, 6.45) is 1.69. The molecule has 2 N–H and O–H groups in total. The van der Waals surface area contributed by atoms with Gasteiger partial charge >= 0.3 is 0 Å². The maximum Gasteiger partial charge on any atom is 0.241 e. The smallest absolute Gasteiger partial charge is 0.241 e. The quantitative estimate of drug-likeness (QED) is 0.581. The number of rotatable bonds is 6. The summed E-state index contributed by atoms with van der Waals surface area (Å²) >= 11 is 13.3. The van der Waals surface area contributed by atoms with Crippen LogP contribution in [-0.2, 0) is 14.4 Å². The van der Waals surface area contributed by atoms with Crippen molar-refractivity contribution in [1.29, 1.82) is 0 Å². The molecule has 1 unspecified atom stereocenters. The molecular weight excluding hydrogens is 391 g/mol. The number of hydrogen-bond donors (Lipinski definition) is 2. The van der Waals surface area contributed by atoms with Gasteiger partial charge in [0.25, 0.3) is 0 Å². The van der Waals surface area contributed by atoms with Crippen LogP contribution in [0.1, 0.15) is 22.9 Å². The summed E-state index contributed by atoms with van der Waals surface area (Å²) in [5, 5.41) is 0. The highest BCUT2D eigenvalue weighted by atomic mass is 35.5. The molecule has 0 amide bonds. The number of aryl methyl sites for hydroxylation is 1. The van der Waals surface area contributed by atoms with E-state index in [2.05, 4.69) is 9.71 Å². The predicted octanol–water partition coefficient (Wildman–Crippen LogP) is 4.67. The molecule has 0 spiro atoms. The summed E-state index contributed by atoms with van der Waals surface area (Å²) in [6, 6.07) is 18.1. The lowest BCUT2D eigenvalue weighted by Gasteiger charge is -2.30. The molecule has 2 aromatic carbocycles. The summed E-state index contributed by atoms with van der Waals surface area (Å²) in [6.45, 7) is 1.89. The van der Waals surface area contributed by atoms with Gasteiger partial charge in [0.2, 0.25) is 10.0 Å². The number of H-pyrrole nitrogens is 1. The summed E-state index contributed by atoms with van der Waals surface area (Å²) in [5.74, 6) is 0. The molecule has 26 heavy (non-hydrogen) atoms. The van der Waals surface area contributed by atoms with Crippen molar-refractivity contribution in [1.82, 2.24) is 9.71 Å². The van der Waals surface area contributed by atoms with E-state index in [4.69, 9.17) is 23.2 Å². The lowest BCUT2D eigenvalue weighted by atomic mass is 10.0. The second-order valence-corrected chi connectivity index (χ2v) is 9.08. The third-order valence-electron chi connectivity index (χ3n) is 4.06. The number of nitrogens with one attached hydrogen (secondary N) is 2. The zero-order valence-corrected chi connectivity index (χ0v) is 16.3. The van der Waals surface area contributed by atoms with Gasteiger partial charge in [0.05, 0.1) is 10.9 Å². The molecular formula is C19H18Cl2N2O2S. The van der Waals surface area contributed by atoms with E-state index >= 15 is 0 Å². The number of alkyl halides is 2. The predicted molar refractivity (Wildman–Crippen MR) is 105 cm³/mol. The van der Waals surface area contributed by atoms with E-state index in [9.17, 15) is 8.42 Å². The molecule has 0 aliphatic rings. The SMILES string of the molecule is Cc1ccc(S(=O)(=O)NC(c2ccc[nH]2)C(Cl)(Cl)c2ccccc2)cc1. The molecule has 1 heterocycles. The Bertz CT molecular complexity index is 955. The van der Waals surface area contributed by atoms with Crippen LogP contribution in [0.2, 0.25) is 0 Å². The third-order valence-corrected chi connectivity index (χ3v) is 6.37. The highest BCUT2D eigenvalue weighted by Gasteiger charge is 2.41. The normalized spacial score (nSPS) is 13.5. The highest BCUT2D eigenvalue weighted by molar-refractivity contribution is 7.89. The second kappa shape index (κ2) is 7.45. The van der Waals surface area contributed by atoms with Gasteiger partial charge in [-0.2, -0.15) is 4.72 Å². The summed E-state index contributed by atoms with van der Waals surface area (Å²) in [7, 11) is -3.83. The minimum atomic E-state index is -3.83. The monoisotopic (exact) mass is 408 g/mol. The zero-order chi connectivity index (χ0) is 18.8. The van der Waals surface area contributed by atoms with Gasteiger partial charge in [-0.15, -0.1) is 0 Å². The fourth-order valence-corrected chi connectivity index (χ4v) is 4.59. The minimum Gasteiger partial charge on any atom is -0.364 e. The van der Waals surface area contributed by atoms with Crippen molar-refractivity contribution in [3.63, 3.8) is 0 Å². The van der Waals surface area contributed by atoms with Crippen LogP contribution < -0.4 is 4.72 Å². The fraction of sp³-hybridized carbons (Fsp3) is 0.158. The number of aromatic amines is 1. The standard InChI is InChI=1S/C19H18Cl2N2O2S/c1-14-9-11-16(12-10-14)26(24,25)23-18(17-8-5-13-22-17)19(20,21)15-6-3-2-4-7-15/h2-13,18,22-23H,1H3. The first-order valence-electron chi connectivity index (χ1n) is 7.96. The maximum absolute atomic E-state index is 12.9. The Balaban J connectivity index is 2.02. The van der Waals surface area contributed by atoms with Gasteiger partial charge < -0.3 is 4.98 Å². The molecule has 0 saturated carbocycles. The molecule has 0 saturated heterocycles. The molecule has 4 nitrogen and oxygen atoms in total. The lowest BCUT2D eigenvalue weighted by Crippen LogP contribution is -2.38. The van der Waals surface area contributed by atoms with Crippen LogP contribution in [0, 0.1) is 6.92 Å². The number of benzene rings is 2. The van der Waals surface area contributed by atoms with Crippen LogP contribution in [0.5, 0.6) is 0 Å². The van der Waals surface area contributed by atoms with Gasteiger partial charge in [-0.1, -0.05) is 71.2 Å². The molecule has 0 aliphatic heterocycles. The summed E-state index contributed by atoms with van der Waals surface area (Å²) < 4.78 is 26.9. The Hall–Kier alpha value is -1.79. The van der Waals surface area contributed by atoms with Crippen molar-refractivity contribution in [3.05, 3.63) is 89.7 Å². The van der Waals surface area contributed by atoms with E-state index in [1.54, 1.807) is 66.9 Å². The Morgan fingerprint density at radius 3 is 2.19 bits per heavy atom. The second-order valence-electron chi connectivity index (χ2n) is 5.98. The van der Waals surface area contributed by atoms with Crippen molar-refractivity contribution < 1.29 is 8.42 Å². The summed E-state index contributed by atoms with van der Waals surface area (Å²) in [5.41, 5.74) is 2.13. The van der Waals surface area contributed by atoms with Crippen molar-refractivity contribution in [2.45, 2.75) is 22.2 Å². The number of aromatic nitrogens is 1. The molecule has 0 fully saturated rings. The fourth-order valence-electron chi connectivity index (χ4n) is 2.62. The van der Waals surface area contributed by atoms with Crippen LogP contribution in [-0.4, -0.2) is 13.4 Å². The van der Waals surface area contributed by atoms with Gasteiger partial charge in [-0.25, -0.2) is 8.42 Å². The first-order valence-corrected chi connectivity index (χ1v) is 10.2. The maximum atomic E-state index is 12.9. The Labute approximate surface area is 163 Å². The molecule has 0 bridgehead atoms. The van der Waals surface area contributed by atoms with Crippen LogP contribution in [0.15, 0.2) is 77.8 Å². The molecule has 3 aromatic rings. The highest BCUT2D eigenvalue weighted by Crippen LogP contribution is 2.45. The van der Waals surface area contributed by atoms with Crippen molar-refractivity contribution in [2.75, 3.05) is 0 Å². The average Bonchev–Trinajstić information content (AvgIpc) is 3.15. The average molecular weight is 409 g/mol. The third kappa shape index (κ3) is 3.96. The Morgan fingerprint density at radius 1 is 0.962 bits per heavy atom.